The summed E-state index contributed by atoms with van der Waals surface area (Å²) in [4.78, 5) is 2.65. The van der Waals surface area contributed by atoms with Crippen molar-refractivity contribution >= 4 is 12.6 Å². The molecule has 1 saturated heterocycles. The number of rotatable bonds is 3. The molecule has 1 aliphatic heterocycles. The smallest absolute Gasteiger partial charge is 0.00928 e. The number of likely N-dealkylation sites (tertiary alicyclic amines) is 1. The van der Waals surface area contributed by atoms with Gasteiger partial charge < -0.3 is 0 Å². The van der Waals surface area contributed by atoms with Crippen molar-refractivity contribution in [3.8, 4) is 0 Å². The number of thiol groups is 1. The van der Waals surface area contributed by atoms with Gasteiger partial charge in [-0.25, -0.2) is 0 Å². The summed E-state index contributed by atoms with van der Waals surface area (Å²) in [6, 6.07) is 0.758. The maximum atomic E-state index is 4.36. The Kier molecular flexibility index (Phi) is 4.78. The average Bonchev–Trinajstić information content (AvgIpc) is 2.13. The van der Waals surface area contributed by atoms with Crippen LogP contribution in [0, 0.1) is 17.8 Å². The van der Waals surface area contributed by atoms with Gasteiger partial charge in [-0.3, -0.25) is 4.90 Å². The van der Waals surface area contributed by atoms with Crippen molar-refractivity contribution in [3.05, 3.63) is 0 Å². The first kappa shape index (κ1) is 12.4. The molecule has 1 aliphatic rings. The van der Waals surface area contributed by atoms with Gasteiger partial charge in [0.15, 0.2) is 0 Å². The summed E-state index contributed by atoms with van der Waals surface area (Å²) >= 11 is 4.36. The Morgan fingerprint density at radius 1 is 1.36 bits per heavy atom. The van der Waals surface area contributed by atoms with Gasteiger partial charge in [-0.05, 0) is 36.9 Å². The average molecular weight is 215 g/mol. The maximum absolute atomic E-state index is 4.36. The molecule has 0 N–H and O–H groups in total. The fraction of sp³-hybridized carbons (Fsp3) is 1.00. The van der Waals surface area contributed by atoms with Crippen molar-refractivity contribution in [3.63, 3.8) is 0 Å². The minimum absolute atomic E-state index is 0.721. The number of hydrogen-bond donors (Lipinski definition) is 1. The molecule has 0 aromatic rings. The summed E-state index contributed by atoms with van der Waals surface area (Å²) in [5.41, 5.74) is 0. The molecule has 4 atom stereocenters. The van der Waals surface area contributed by atoms with Crippen molar-refractivity contribution in [2.75, 3.05) is 18.8 Å². The number of piperidine rings is 1. The molecule has 0 radical (unpaired) electrons. The highest BCUT2D eigenvalue weighted by Crippen LogP contribution is 2.27. The van der Waals surface area contributed by atoms with Crippen molar-refractivity contribution in [1.82, 2.24) is 4.90 Å². The van der Waals surface area contributed by atoms with Crippen LogP contribution in [0.1, 0.15) is 34.1 Å². The van der Waals surface area contributed by atoms with E-state index in [1.165, 1.54) is 19.5 Å². The predicted molar refractivity (Wildman–Crippen MR) is 67.0 cm³/mol. The lowest BCUT2D eigenvalue weighted by molar-refractivity contribution is 0.0698. The minimum atomic E-state index is 0.721. The highest BCUT2D eigenvalue weighted by molar-refractivity contribution is 7.80. The molecule has 1 nitrogen and oxygen atoms in total. The molecule has 4 unspecified atom stereocenters. The minimum Gasteiger partial charge on any atom is -0.300 e. The van der Waals surface area contributed by atoms with E-state index in [1.54, 1.807) is 0 Å². The van der Waals surface area contributed by atoms with Crippen LogP contribution in [0.3, 0.4) is 0 Å². The van der Waals surface area contributed by atoms with Crippen LogP contribution in [-0.2, 0) is 0 Å². The maximum Gasteiger partial charge on any atom is 0.00928 e. The van der Waals surface area contributed by atoms with E-state index in [0.29, 0.717) is 0 Å². The van der Waals surface area contributed by atoms with Crippen LogP contribution in [-0.4, -0.2) is 29.8 Å². The lowest BCUT2D eigenvalue weighted by Crippen LogP contribution is -2.47. The van der Waals surface area contributed by atoms with Gasteiger partial charge in [0, 0.05) is 19.1 Å². The van der Waals surface area contributed by atoms with Crippen molar-refractivity contribution in [2.24, 2.45) is 17.8 Å². The second-order valence-electron chi connectivity index (χ2n) is 5.30. The first-order valence-electron chi connectivity index (χ1n) is 5.89. The van der Waals surface area contributed by atoms with Gasteiger partial charge in [0.2, 0.25) is 0 Å². The predicted octanol–water partition coefficient (Wildman–Crippen LogP) is 2.92. The lowest BCUT2D eigenvalue weighted by atomic mass is 9.85. The lowest BCUT2D eigenvalue weighted by Gasteiger charge is -2.42. The number of hydrogen-bond acceptors (Lipinski definition) is 2. The van der Waals surface area contributed by atoms with Crippen molar-refractivity contribution in [2.45, 2.75) is 40.2 Å². The third-order valence-corrected chi connectivity index (χ3v) is 4.20. The monoisotopic (exact) mass is 215 g/mol. The van der Waals surface area contributed by atoms with E-state index in [2.05, 4.69) is 45.2 Å². The molecular weight excluding hydrogens is 190 g/mol. The van der Waals surface area contributed by atoms with E-state index in [1.807, 2.05) is 0 Å². The van der Waals surface area contributed by atoms with Gasteiger partial charge >= 0.3 is 0 Å². The Hall–Kier alpha value is 0.310. The highest BCUT2D eigenvalue weighted by atomic mass is 32.1. The summed E-state index contributed by atoms with van der Waals surface area (Å²) in [6.07, 6.45) is 1.40. The first-order valence-corrected chi connectivity index (χ1v) is 6.52. The summed E-state index contributed by atoms with van der Waals surface area (Å²) in [6.45, 7) is 11.9. The third-order valence-electron chi connectivity index (χ3n) is 3.58. The largest absolute Gasteiger partial charge is 0.300 e. The highest BCUT2D eigenvalue weighted by Gasteiger charge is 2.28. The van der Waals surface area contributed by atoms with Crippen LogP contribution >= 0.6 is 12.6 Å². The SMILES string of the molecule is CC(CS)CN1CC(C)CC(C)C1C. The van der Waals surface area contributed by atoms with Crippen LogP contribution in [0.4, 0.5) is 0 Å². The Morgan fingerprint density at radius 3 is 2.57 bits per heavy atom. The Bertz CT molecular complexity index is 172. The Morgan fingerprint density at radius 2 is 2.00 bits per heavy atom. The van der Waals surface area contributed by atoms with E-state index < -0.39 is 0 Å². The Labute approximate surface area is 94.7 Å². The molecular formula is C12H25NS. The van der Waals surface area contributed by atoms with Crippen molar-refractivity contribution in [1.29, 1.82) is 0 Å². The second-order valence-corrected chi connectivity index (χ2v) is 5.67. The van der Waals surface area contributed by atoms with Gasteiger partial charge in [0.05, 0.1) is 0 Å². The molecule has 2 heteroatoms. The van der Waals surface area contributed by atoms with Gasteiger partial charge in [0.25, 0.3) is 0 Å². The normalized spacial score (nSPS) is 37.1. The fourth-order valence-electron chi connectivity index (χ4n) is 2.53. The van der Waals surface area contributed by atoms with Gasteiger partial charge in [-0.2, -0.15) is 12.6 Å². The Balaban J connectivity index is 2.49. The van der Waals surface area contributed by atoms with E-state index in [0.717, 1.165) is 29.5 Å². The molecule has 0 bridgehead atoms. The quantitative estimate of drug-likeness (QED) is 0.709. The van der Waals surface area contributed by atoms with E-state index in [9.17, 15) is 0 Å². The van der Waals surface area contributed by atoms with Crippen molar-refractivity contribution < 1.29 is 0 Å². The van der Waals surface area contributed by atoms with Gasteiger partial charge in [-0.15, -0.1) is 0 Å². The van der Waals surface area contributed by atoms with Crippen LogP contribution in [0.2, 0.25) is 0 Å². The number of nitrogens with zero attached hydrogens (tertiary/aromatic N) is 1. The summed E-state index contributed by atoms with van der Waals surface area (Å²) < 4.78 is 0. The molecule has 0 spiro atoms. The molecule has 0 amide bonds. The van der Waals surface area contributed by atoms with Crippen LogP contribution in [0.15, 0.2) is 0 Å². The fourth-order valence-corrected chi connectivity index (χ4v) is 2.65. The molecule has 0 aromatic carbocycles. The molecule has 0 aliphatic carbocycles. The van der Waals surface area contributed by atoms with Gasteiger partial charge in [0.1, 0.15) is 0 Å². The summed E-state index contributed by atoms with van der Waals surface area (Å²) in [5, 5.41) is 0. The van der Waals surface area contributed by atoms with Crippen LogP contribution < -0.4 is 0 Å². The molecule has 0 aromatic heterocycles. The first-order chi connectivity index (χ1) is 6.54. The van der Waals surface area contributed by atoms with Crippen LogP contribution in [0.25, 0.3) is 0 Å². The van der Waals surface area contributed by atoms with E-state index in [-0.39, 0.29) is 0 Å². The zero-order valence-corrected chi connectivity index (χ0v) is 10.9. The molecule has 0 saturated carbocycles. The molecule has 1 heterocycles. The molecule has 84 valence electrons. The van der Waals surface area contributed by atoms with Gasteiger partial charge in [-0.1, -0.05) is 20.8 Å². The molecule has 14 heavy (non-hydrogen) atoms. The van der Waals surface area contributed by atoms with E-state index >= 15 is 0 Å². The zero-order valence-electron chi connectivity index (χ0n) is 10.0. The molecule has 1 fully saturated rings. The summed E-state index contributed by atoms with van der Waals surface area (Å²) in [7, 11) is 0. The standard InChI is InChI=1S/C12H25NS/c1-9-5-11(3)12(4)13(6-9)7-10(2)8-14/h9-12,14H,5-8H2,1-4H3. The second kappa shape index (κ2) is 5.41. The molecule has 1 rings (SSSR count). The zero-order chi connectivity index (χ0) is 10.7. The summed E-state index contributed by atoms with van der Waals surface area (Å²) in [5.74, 6) is 3.45. The topological polar surface area (TPSA) is 3.24 Å². The third kappa shape index (κ3) is 3.16. The van der Waals surface area contributed by atoms with Crippen LogP contribution in [0.5, 0.6) is 0 Å². The van der Waals surface area contributed by atoms with E-state index in [4.69, 9.17) is 0 Å².